The Kier molecular flexibility index (Phi) is 1.65. The average molecular weight is 180 g/mol. The quantitative estimate of drug-likeness (QED) is 0.736. The molecule has 4 heteroatoms. The van der Waals surface area contributed by atoms with Gasteiger partial charge in [0, 0.05) is 18.7 Å². The summed E-state index contributed by atoms with van der Waals surface area (Å²) in [7, 11) is 1.86. The third-order valence-electron chi connectivity index (χ3n) is 2.53. The number of carboxylic acids is 1. The Bertz CT molecular complexity index is 356. The van der Waals surface area contributed by atoms with Gasteiger partial charge in [-0.25, -0.2) is 0 Å². The molecule has 0 saturated heterocycles. The molecule has 1 heterocycles. The number of aromatic nitrogens is 2. The normalized spacial score (nSPS) is 26.0. The van der Waals surface area contributed by atoms with Gasteiger partial charge in [-0.05, 0) is 19.4 Å². The maximum atomic E-state index is 10.6. The van der Waals surface area contributed by atoms with Crippen LogP contribution in [0.25, 0.3) is 0 Å². The first kappa shape index (κ1) is 8.29. The molecule has 2 atom stereocenters. The number of carboxylic acid groups (broad SMARTS) is 1. The second-order valence-electron chi connectivity index (χ2n) is 3.62. The number of aryl methyl sites for hydroxylation is 2. The Balaban J connectivity index is 2.20. The summed E-state index contributed by atoms with van der Waals surface area (Å²) in [5, 5.41) is 12.9. The van der Waals surface area contributed by atoms with Gasteiger partial charge in [-0.15, -0.1) is 0 Å². The molecular formula is C9H12N2O2. The first-order valence-corrected chi connectivity index (χ1v) is 4.33. The molecule has 0 spiro atoms. The van der Waals surface area contributed by atoms with Gasteiger partial charge < -0.3 is 5.11 Å². The minimum atomic E-state index is -0.691. The zero-order valence-electron chi connectivity index (χ0n) is 7.69. The van der Waals surface area contributed by atoms with Gasteiger partial charge >= 0.3 is 5.97 Å². The summed E-state index contributed by atoms with van der Waals surface area (Å²) in [6, 6.07) is 1.97. The molecule has 1 aliphatic carbocycles. The second-order valence-corrected chi connectivity index (χ2v) is 3.62. The van der Waals surface area contributed by atoms with Gasteiger partial charge in [-0.3, -0.25) is 9.48 Å². The predicted octanol–water partition coefficient (Wildman–Crippen LogP) is 0.917. The third-order valence-corrected chi connectivity index (χ3v) is 2.53. The molecule has 0 amide bonds. The smallest absolute Gasteiger partial charge is 0.307 e. The van der Waals surface area contributed by atoms with E-state index in [-0.39, 0.29) is 11.8 Å². The predicted molar refractivity (Wildman–Crippen MR) is 46.4 cm³/mol. The Morgan fingerprint density at radius 3 is 2.85 bits per heavy atom. The van der Waals surface area contributed by atoms with Crippen molar-refractivity contribution >= 4 is 5.97 Å². The molecule has 1 aliphatic rings. The topological polar surface area (TPSA) is 55.1 Å². The maximum Gasteiger partial charge on any atom is 0.307 e. The highest BCUT2D eigenvalue weighted by Crippen LogP contribution is 2.47. The molecule has 0 aromatic carbocycles. The Hall–Kier alpha value is -1.32. The molecule has 70 valence electrons. The molecule has 0 unspecified atom stereocenters. The van der Waals surface area contributed by atoms with Crippen LogP contribution in [0.5, 0.6) is 0 Å². The number of hydrogen-bond donors (Lipinski definition) is 1. The van der Waals surface area contributed by atoms with Crippen LogP contribution < -0.4 is 0 Å². The molecule has 1 fully saturated rings. The molecule has 1 aromatic heterocycles. The Morgan fingerprint density at radius 1 is 1.77 bits per heavy atom. The van der Waals surface area contributed by atoms with Crippen LogP contribution in [-0.4, -0.2) is 20.9 Å². The lowest BCUT2D eigenvalue weighted by Crippen LogP contribution is -2.02. The van der Waals surface area contributed by atoms with Crippen LogP contribution >= 0.6 is 0 Å². The van der Waals surface area contributed by atoms with Gasteiger partial charge in [0.1, 0.15) is 0 Å². The summed E-state index contributed by atoms with van der Waals surface area (Å²) >= 11 is 0. The third kappa shape index (κ3) is 1.32. The summed E-state index contributed by atoms with van der Waals surface area (Å²) < 4.78 is 1.78. The van der Waals surface area contributed by atoms with Gasteiger partial charge in [0.15, 0.2) is 0 Å². The first-order valence-electron chi connectivity index (χ1n) is 4.33. The fourth-order valence-corrected chi connectivity index (χ4v) is 1.77. The standard InChI is InChI=1S/C9H12N2O2/c1-5-3-8(11(2)10-5)6-4-7(6)9(12)13/h3,6-7H,4H2,1-2H3,(H,12,13)/t6-,7-/m1/s1. The largest absolute Gasteiger partial charge is 0.481 e. The highest BCUT2D eigenvalue weighted by molar-refractivity contribution is 5.75. The molecule has 0 radical (unpaired) electrons. The van der Waals surface area contributed by atoms with Crippen molar-refractivity contribution in [3.05, 3.63) is 17.5 Å². The van der Waals surface area contributed by atoms with Crippen LogP contribution in [0.3, 0.4) is 0 Å². The van der Waals surface area contributed by atoms with Crippen LogP contribution in [0.1, 0.15) is 23.7 Å². The monoisotopic (exact) mass is 180 g/mol. The van der Waals surface area contributed by atoms with Crippen molar-refractivity contribution in [3.63, 3.8) is 0 Å². The molecule has 4 nitrogen and oxygen atoms in total. The van der Waals surface area contributed by atoms with Gasteiger partial charge in [0.25, 0.3) is 0 Å². The highest BCUT2D eigenvalue weighted by Gasteiger charge is 2.45. The molecule has 1 saturated carbocycles. The molecule has 0 bridgehead atoms. The molecule has 1 N–H and O–H groups in total. The fraction of sp³-hybridized carbons (Fsp3) is 0.556. The average Bonchev–Trinajstić information content (AvgIpc) is 2.73. The lowest BCUT2D eigenvalue weighted by Gasteiger charge is -1.97. The molecular weight excluding hydrogens is 168 g/mol. The van der Waals surface area contributed by atoms with Crippen LogP contribution in [0, 0.1) is 12.8 Å². The minimum Gasteiger partial charge on any atom is -0.481 e. The summed E-state index contributed by atoms with van der Waals surface area (Å²) in [6.45, 7) is 1.92. The van der Waals surface area contributed by atoms with Crippen molar-refractivity contribution in [3.8, 4) is 0 Å². The number of hydrogen-bond acceptors (Lipinski definition) is 2. The van der Waals surface area contributed by atoms with Gasteiger partial charge in [0.2, 0.25) is 0 Å². The summed E-state index contributed by atoms with van der Waals surface area (Å²) in [5.74, 6) is -0.692. The molecule has 0 aliphatic heterocycles. The SMILES string of the molecule is Cc1cc([C@@H]2C[C@H]2C(=O)O)n(C)n1. The van der Waals surface area contributed by atoms with E-state index in [9.17, 15) is 4.79 Å². The summed E-state index contributed by atoms with van der Waals surface area (Å²) in [5.41, 5.74) is 2.00. The van der Waals surface area contributed by atoms with E-state index in [4.69, 9.17) is 5.11 Å². The highest BCUT2D eigenvalue weighted by atomic mass is 16.4. The Morgan fingerprint density at radius 2 is 2.46 bits per heavy atom. The Labute approximate surface area is 76.2 Å². The van der Waals surface area contributed by atoms with Crippen molar-refractivity contribution in [2.75, 3.05) is 0 Å². The van der Waals surface area contributed by atoms with E-state index >= 15 is 0 Å². The van der Waals surface area contributed by atoms with Crippen molar-refractivity contribution in [1.29, 1.82) is 0 Å². The van der Waals surface area contributed by atoms with Crippen LogP contribution in [0.2, 0.25) is 0 Å². The van der Waals surface area contributed by atoms with E-state index in [0.717, 1.165) is 17.8 Å². The molecule has 1 aromatic rings. The van der Waals surface area contributed by atoms with E-state index in [0.29, 0.717) is 0 Å². The minimum absolute atomic E-state index is 0.184. The van der Waals surface area contributed by atoms with E-state index in [1.807, 2.05) is 20.0 Å². The van der Waals surface area contributed by atoms with E-state index in [1.54, 1.807) is 4.68 Å². The van der Waals surface area contributed by atoms with Crippen molar-refractivity contribution < 1.29 is 9.90 Å². The van der Waals surface area contributed by atoms with E-state index in [2.05, 4.69) is 5.10 Å². The van der Waals surface area contributed by atoms with Gasteiger partial charge in [-0.2, -0.15) is 5.10 Å². The number of carbonyl (C=O) groups is 1. The second kappa shape index (κ2) is 2.58. The maximum absolute atomic E-state index is 10.6. The zero-order chi connectivity index (χ0) is 9.59. The number of aliphatic carboxylic acids is 1. The fourth-order valence-electron chi connectivity index (χ4n) is 1.77. The van der Waals surface area contributed by atoms with Crippen molar-refractivity contribution in [1.82, 2.24) is 9.78 Å². The molecule has 2 rings (SSSR count). The van der Waals surface area contributed by atoms with Crippen LogP contribution in [-0.2, 0) is 11.8 Å². The summed E-state index contributed by atoms with van der Waals surface area (Å²) in [4.78, 5) is 10.6. The van der Waals surface area contributed by atoms with Crippen molar-refractivity contribution in [2.45, 2.75) is 19.3 Å². The van der Waals surface area contributed by atoms with E-state index < -0.39 is 5.97 Å². The lowest BCUT2D eigenvalue weighted by atomic mass is 10.2. The molecule has 13 heavy (non-hydrogen) atoms. The summed E-state index contributed by atoms with van der Waals surface area (Å²) in [6.07, 6.45) is 0.758. The van der Waals surface area contributed by atoms with Gasteiger partial charge in [0.05, 0.1) is 11.6 Å². The van der Waals surface area contributed by atoms with E-state index in [1.165, 1.54) is 0 Å². The van der Waals surface area contributed by atoms with Crippen LogP contribution in [0.15, 0.2) is 6.07 Å². The van der Waals surface area contributed by atoms with Crippen molar-refractivity contribution in [2.24, 2.45) is 13.0 Å². The number of rotatable bonds is 2. The zero-order valence-corrected chi connectivity index (χ0v) is 7.69. The van der Waals surface area contributed by atoms with Crippen LogP contribution in [0.4, 0.5) is 0 Å². The first-order chi connectivity index (χ1) is 6.09. The lowest BCUT2D eigenvalue weighted by molar-refractivity contribution is -0.138. The number of nitrogens with zero attached hydrogens (tertiary/aromatic N) is 2. The van der Waals surface area contributed by atoms with Gasteiger partial charge in [-0.1, -0.05) is 0 Å².